The van der Waals surface area contributed by atoms with Crippen molar-refractivity contribution >= 4 is 65.8 Å². The van der Waals surface area contributed by atoms with Gasteiger partial charge in [-0.15, -0.1) is 34.9 Å². The highest BCUT2D eigenvalue weighted by Crippen LogP contribution is 2.48. The van der Waals surface area contributed by atoms with Crippen molar-refractivity contribution in [2.24, 2.45) is 16.6 Å². The van der Waals surface area contributed by atoms with E-state index >= 15 is 0 Å². The normalized spacial score (nSPS) is 16.9. The SMILES string of the molecule is CC(C)[C@H](NC(=O)[C@]1(C)CSC(c2csc(CN)n2)=N1)C(=O)O[C@H](/C=C/CCSC(c1ccccc1)(c1ccccc1)c1ccccc1)CC(=O)OCC[Si](C)(C)C. The first-order valence-electron chi connectivity index (χ1n) is 19.8. The number of allylic oxidation sites excluding steroid dienone is 1. The molecule has 4 aromatic rings. The third-order valence-electron chi connectivity index (χ3n) is 9.73. The first kappa shape index (κ1) is 45.1. The van der Waals surface area contributed by atoms with E-state index in [0.29, 0.717) is 36.1 Å². The monoisotopic (exact) mass is 856 g/mol. The molecule has 1 aliphatic rings. The van der Waals surface area contributed by atoms with E-state index in [4.69, 9.17) is 20.2 Å². The Labute approximate surface area is 357 Å². The Morgan fingerprint density at radius 1 is 0.966 bits per heavy atom. The molecule has 9 nitrogen and oxygen atoms in total. The number of nitrogens with one attached hydrogen (secondary N) is 1. The van der Waals surface area contributed by atoms with Gasteiger partial charge in [-0.25, -0.2) is 9.78 Å². The number of aromatic nitrogens is 1. The molecule has 5 rings (SSSR count). The lowest BCUT2D eigenvalue weighted by molar-refractivity contribution is -0.156. The van der Waals surface area contributed by atoms with Crippen LogP contribution in [0.3, 0.4) is 0 Å². The lowest BCUT2D eigenvalue weighted by Gasteiger charge is -2.35. The van der Waals surface area contributed by atoms with Crippen LogP contribution in [-0.2, 0) is 35.1 Å². The zero-order chi connectivity index (χ0) is 41.8. The first-order chi connectivity index (χ1) is 27.7. The fourth-order valence-electron chi connectivity index (χ4n) is 6.40. The number of carbonyl (C=O) groups is 3. The highest BCUT2D eigenvalue weighted by Gasteiger charge is 2.42. The van der Waals surface area contributed by atoms with E-state index in [1.807, 2.05) is 55.3 Å². The van der Waals surface area contributed by atoms with Crippen LogP contribution in [0.4, 0.5) is 0 Å². The summed E-state index contributed by atoms with van der Waals surface area (Å²) in [6.07, 6.45) is 3.37. The molecule has 308 valence electrons. The van der Waals surface area contributed by atoms with Crippen LogP contribution in [0.5, 0.6) is 0 Å². The summed E-state index contributed by atoms with van der Waals surface area (Å²) in [6.45, 7) is 12.8. The zero-order valence-electron chi connectivity index (χ0n) is 34.3. The Balaban J connectivity index is 1.32. The number of esters is 2. The van der Waals surface area contributed by atoms with Crippen molar-refractivity contribution in [3.8, 4) is 0 Å². The number of ether oxygens (including phenoxy) is 2. The van der Waals surface area contributed by atoms with E-state index in [0.717, 1.165) is 16.8 Å². The number of carbonyl (C=O) groups excluding carboxylic acids is 3. The molecule has 3 aromatic carbocycles. The van der Waals surface area contributed by atoms with Crippen LogP contribution in [0.2, 0.25) is 25.7 Å². The standard InChI is InChI=1S/C45H56N4O5S3Si/c1-32(2)40(48-43(52)44(3)31-56-41(49-44)37-30-55-38(29-46)47-37)42(51)54-36(28-39(50)53-25-27-58(4,5)6)24-16-17-26-57-45(33-18-10-7-11-19-33,34-20-12-8-13-21-34)35-22-14-9-15-23-35/h7-16,18-24,30,32,36,40H,17,25-29,31,46H2,1-6H3,(H,48,52)/b24-16+/t36-,40+,44+/m1/s1. The summed E-state index contributed by atoms with van der Waals surface area (Å²) < 4.78 is 11.2. The number of nitrogens with two attached hydrogens (primary N) is 1. The van der Waals surface area contributed by atoms with Crippen molar-refractivity contribution in [3.63, 3.8) is 0 Å². The van der Waals surface area contributed by atoms with Crippen molar-refractivity contribution in [2.45, 2.75) is 88.3 Å². The number of aliphatic imine (C=N–C) groups is 1. The Bertz CT molecular complexity index is 1920. The van der Waals surface area contributed by atoms with E-state index < -0.39 is 42.4 Å². The first-order valence-corrected chi connectivity index (χ1v) is 26.3. The number of thiazole rings is 1. The highest BCUT2D eigenvalue weighted by atomic mass is 32.2. The Morgan fingerprint density at radius 3 is 2.07 bits per heavy atom. The van der Waals surface area contributed by atoms with Crippen molar-refractivity contribution in [1.82, 2.24) is 10.3 Å². The maximum atomic E-state index is 13.9. The molecule has 0 bridgehead atoms. The summed E-state index contributed by atoms with van der Waals surface area (Å²) in [5.74, 6) is -0.605. The van der Waals surface area contributed by atoms with Crippen LogP contribution in [0.25, 0.3) is 0 Å². The average Bonchev–Trinajstić information content (AvgIpc) is 3.86. The van der Waals surface area contributed by atoms with Gasteiger partial charge in [0, 0.05) is 25.8 Å². The number of rotatable bonds is 20. The molecule has 0 fully saturated rings. The third kappa shape index (κ3) is 12.0. The van der Waals surface area contributed by atoms with E-state index in [-0.39, 0.29) is 18.2 Å². The molecule has 2 heterocycles. The smallest absolute Gasteiger partial charge is 0.329 e. The second-order valence-corrected chi connectivity index (χ2v) is 24.9. The molecule has 0 saturated carbocycles. The van der Waals surface area contributed by atoms with Gasteiger partial charge >= 0.3 is 11.9 Å². The van der Waals surface area contributed by atoms with E-state index in [2.05, 4.69) is 103 Å². The van der Waals surface area contributed by atoms with Gasteiger partial charge in [-0.3, -0.25) is 14.6 Å². The summed E-state index contributed by atoms with van der Waals surface area (Å²) in [4.78, 5) is 50.1. The third-order valence-corrected chi connectivity index (χ3v) is 15.2. The van der Waals surface area contributed by atoms with E-state index in [1.165, 1.54) is 39.8 Å². The van der Waals surface area contributed by atoms with E-state index in [1.54, 1.807) is 13.0 Å². The Morgan fingerprint density at radius 2 is 1.55 bits per heavy atom. The average molecular weight is 857 g/mol. The maximum absolute atomic E-state index is 13.9. The quantitative estimate of drug-likeness (QED) is 0.0294. The molecule has 3 atom stereocenters. The minimum atomic E-state index is -1.43. The molecular weight excluding hydrogens is 801 g/mol. The van der Waals surface area contributed by atoms with Gasteiger partial charge in [-0.1, -0.05) is 131 Å². The van der Waals surface area contributed by atoms with Crippen LogP contribution in [0.1, 0.15) is 61.0 Å². The van der Waals surface area contributed by atoms with E-state index in [9.17, 15) is 14.4 Å². The molecule has 0 spiro atoms. The van der Waals surface area contributed by atoms with Crippen LogP contribution in [-0.4, -0.2) is 71.7 Å². The lowest BCUT2D eigenvalue weighted by atomic mass is 9.84. The molecule has 3 N–H and O–H groups in total. The van der Waals surface area contributed by atoms with Gasteiger partial charge in [0.2, 0.25) is 5.91 Å². The van der Waals surface area contributed by atoms with Gasteiger partial charge in [-0.2, -0.15) is 0 Å². The summed E-state index contributed by atoms with van der Waals surface area (Å²) in [5, 5.41) is 6.28. The largest absolute Gasteiger partial charge is 0.466 e. The number of nitrogens with zero attached hydrogens (tertiary/aromatic N) is 2. The number of hydrogen-bond acceptors (Lipinski definition) is 11. The van der Waals surface area contributed by atoms with Gasteiger partial charge in [0.15, 0.2) is 0 Å². The molecule has 0 radical (unpaired) electrons. The Kier molecular flexibility index (Phi) is 16.2. The molecule has 58 heavy (non-hydrogen) atoms. The van der Waals surface area contributed by atoms with Crippen LogP contribution < -0.4 is 11.1 Å². The van der Waals surface area contributed by atoms with Crippen LogP contribution in [0, 0.1) is 5.92 Å². The number of thioether (sulfide) groups is 2. The molecule has 1 aliphatic heterocycles. The summed E-state index contributed by atoms with van der Waals surface area (Å²) in [7, 11) is -1.43. The van der Waals surface area contributed by atoms with Gasteiger partial charge in [-0.05, 0) is 53.8 Å². The number of benzene rings is 3. The van der Waals surface area contributed by atoms with Crippen molar-refractivity contribution in [2.75, 3.05) is 18.1 Å². The lowest BCUT2D eigenvalue weighted by Crippen LogP contribution is -2.53. The highest BCUT2D eigenvalue weighted by molar-refractivity contribution is 8.14. The number of hydrogen-bond donors (Lipinski definition) is 2. The molecule has 0 aliphatic carbocycles. The van der Waals surface area contributed by atoms with Crippen molar-refractivity contribution < 1.29 is 23.9 Å². The van der Waals surface area contributed by atoms with Gasteiger partial charge < -0.3 is 20.5 Å². The molecule has 0 saturated heterocycles. The zero-order valence-corrected chi connectivity index (χ0v) is 37.8. The Hall–Kier alpha value is -4.01. The fraction of sp³-hybridized carbons (Fsp3) is 0.400. The van der Waals surface area contributed by atoms with Gasteiger partial charge in [0.1, 0.15) is 33.4 Å². The summed E-state index contributed by atoms with van der Waals surface area (Å²) in [6, 6.07) is 31.4. The van der Waals surface area contributed by atoms with Crippen LogP contribution >= 0.6 is 34.9 Å². The minimum absolute atomic E-state index is 0.137. The van der Waals surface area contributed by atoms with Crippen LogP contribution in [0.15, 0.2) is 114 Å². The second kappa shape index (κ2) is 20.8. The molecule has 1 aromatic heterocycles. The second-order valence-electron chi connectivity index (χ2n) is 16.1. The molecule has 1 amide bonds. The predicted molar refractivity (Wildman–Crippen MR) is 243 cm³/mol. The fourth-order valence-corrected chi connectivity index (χ4v) is 10.5. The van der Waals surface area contributed by atoms with Crippen molar-refractivity contribution in [1.29, 1.82) is 0 Å². The summed E-state index contributed by atoms with van der Waals surface area (Å²) >= 11 is 4.74. The number of amides is 1. The van der Waals surface area contributed by atoms with Crippen molar-refractivity contribution in [3.05, 3.63) is 136 Å². The molecule has 13 heteroatoms. The van der Waals surface area contributed by atoms with Gasteiger partial charge in [0.05, 0.1) is 17.8 Å². The summed E-state index contributed by atoms with van der Waals surface area (Å²) in [5.41, 5.74) is 8.86. The maximum Gasteiger partial charge on any atom is 0.329 e. The minimum Gasteiger partial charge on any atom is -0.466 e. The predicted octanol–water partition coefficient (Wildman–Crippen LogP) is 8.85. The topological polar surface area (TPSA) is 133 Å². The molecular formula is C45H56N4O5S3Si. The molecule has 0 unspecified atom stereocenters. The van der Waals surface area contributed by atoms with Gasteiger partial charge in [0.25, 0.3) is 0 Å².